The van der Waals surface area contributed by atoms with E-state index in [1.807, 2.05) is 6.26 Å². The average molecular weight is 323 g/mol. The van der Waals surface area contributed by atoms with Gasteiger partial charge in [0, 0.05) is 30.1 Å². The van der Waals surface area contributed by atoms with Gasteiger partial charge in [-0.2, -0.15) is 4.39 Å². The second-order valence-electron chi connectivity index (χ2n) is 4.37. The van der Waals surface area contributed by atoms with Crippen molar-refractivity contribution < 1.29 is 9.31 Å². The Kier molecular flexibility index (Phi) is 5.10. The van der Waals surface area contributed by atoms with Gasteiger partial charge in [-0.05, 0) is 24.8 Å². The number of aromatic nitrogens is 2. The molecule has 0 bridgehead atoms. The van der Waals surface area contributed by atoms with Crippen LogP contribution in [0.5, 0.6) is 0 Å². The van der Waals surface area contributed by atoms with Crippen molar-refractivity contribution in [2.24, 2.45) is 0 Å². The smallest absolute Gasteiger partial charge is 0.306 e. The number of anilines is 2. The molecule has 22 heavy (non-hydrogen) atoms. The zero-order valence-electron chi connectivity index (χ0n) is 11.7. The number of rotatable bonds is 6. The predicted octanol–water partition coefficient (Wildman–Crippen LogP) is 2.48. The molecule has 0 atom stereocenters. The number of nitrogen functional groups attached to an aromatic ring is 1. The summed E-state index contributed by atoms with van der Waals surface area (Å²) in [4.78, 5) is 18.2. The van der Waals surface area contributed by atoms with E-state index in [4.69, 9.17) is 5.73 Å². The van der Waals surface area contributed by atoms with E-state index in [9.17, 15) is 14.5 Å². The Labute approximate surface area is 130 Å². The Bertz CT molecular complexity index is 698. The van der Waals surface area contributed by atoms with Gasteiger partial charge < -0.3 is 11.1 Å². The lowest BCUT2D eigenvalue weighted by Gasteiger charge is -2.08. The molecule has 0 aliphatic carbocycles. The molecule has 0 unspecified atom stereocenters. The molecule has 0 amide bonds. The van der Waals surface area contributed by atoms with Crippen molar-refractivity contribution in [1.82, 2.24) is 9.97 Å². The van der Waals surface area contributed by atoms with Gasteiger partial charge >= 0.3 is 5.69 Å². The zero-order chi connectivity index (χ0) is 16.1. The minimum Gasteiger partial charge on any atom is -0.385 e. The number of nitro benzene ring substituents is 1. The van der Waals surface area contributed by atoms with Crippen LogP contribution in [0.2, 0.25) is 0 Å². The lowest BCUT2D eigenvalue weighted by Crippen LogP contribution is -2.09. The molecule has 1 aromatic carbocycles. The van der Waals surface area contributed by atoms with Gasteiger partial charge in [-0.3, -0.25) is 10.1 Å². The molecule has 0 aliphatic rings. The summed E-state index contributed by atoms with van der Waals surface area (Å²) in [6.45, 7) is 0.467. The summed E-state index contributed by atoms with van der Waals surface area (Å²) in [5, 5.41) is 14.3. The van der Waals surface area contributed by atoms with Crippen LogP contribution in [0.3, 0.4) is 0 Å². The first-order valence-electron chi connectivity index (χ1n) is 6.34. The maximum Gasteiger partial charge on any atom is 0.306 e. The van der Waals surface area contributed by atoms with E-state index in [1.54, 1.807) is 6.20 Å². The van der Waals surface area contributed by atoms with Crippen molar-refractivity contribution >= 4 is 29.0 Å². The Morgan fingerprint density at radius 1 is 1.50 bits per heavy atom. The van der Waals surface area contributed by atoms with E-state index in [0.29, 0.717) is 29.6 Å². The van der Waals surface area contributed by atoms with Crippen molar-refractivity contribution in [3.8, 4) is 0 Å². The third-order valence-electron chi connectivity index (χ3n) is 2.92. The van der Waals surface area contributed by atoms with Crippen LogP contribution in [-0.4, -0.2) is 27.7 Å². The Balaban J connectivity index is 1.99. The van der Waals surface area contributed by atoms with Crippen molar-refractivity contribution in [1.29, 1.82) is 0 Å². The van der Waals surface area contributed by atoms with Crippen LogP contribution in [0.4, 0.5) is 21.6 Å². The van der Waals surface area contributed by atoms with E-state index >= 15 is 0 Å². The third-order valence-corrected chi connectivity index (χ3v) is 3.49. The molecule has 0 radical (unpaired) electrons. The lowest BCUT2D eigenvalue weighted by molar-refractivity contribution is -0.387. The highest BCUT2D eigenvalue weighted by atomic mass is 32.2. The number of halogens is 1. The fourth-order valence-corrected chi connectivity index (χ4v) is 2.15. The van der Waals surface area contributed by atoms with Crippen LogP contribution >= 0.6 is 11.8 Å². The standard InChI is InChI=1S/C13H14FN5O2S/c1-22-13-17-7-8(12(15)18-13)4-5-16-9-2-3-10(14)11(6-9)19(20)21/h2-3,6-7,16H,4-5H2,1H3,(H2,15,17,18). The molecule has 0 aliphatic heterocycles. The lowest BCUT2D eigenvalue weighted by atomic mass is 10.2. The number of hydrogen-bond donors (Lipinski definition) is 2. The largest absolute Gasteiger partial charge is 0.385 e. The molecule has 1 heterocycles. The molecule has 7 nitrogen and oxygen atoms in total. The van der Waals surface area contributed by atoms with Crippen LogP contribution < -0.4 is 11.1 Å². The van der Waals surface area contributed by atoms with Crippen molar-refractivity contribution in [3.63, 3.8) is 0 Å². The summed E-state index contributed by atoms with van der Waals surface area (Å²) < 4.78 is 13.2. The molecular formula is C13H14FN5O2S. The van der Waals surface area contributed by atoms with E-state index in [1.165, 1.54) is 17.8 Å². The minimum absolute atomic E-state index is 0.409. The number of thioether (sulfide) groups is 1. The molecule has 9 heteroatoms. The van der Waals surface area contributed by atoms with Crippen LogP contribution in [0.1, 0.15) is 5.56 Å². The maximum absolute atomic E-state index is 13.2. The Morgan fingerprint density at radius 2 is 2.27 bits per heavy atom. The van der Waals surface area contributed by atoms with Gasteiger partial charge in [0.25, 0.3) is 0 Å². The third kappa shape index (κ3) is 3.82. The summed E-state index contributed by atoms with van der Waals surface area (Å²) >= 11 is 1.40. The van der Waals surface area contributed by atoms with E-state index in [0.717, 1.165) is 17.7 Å². The summed E-state index contributed by atoms with van der Waals surface area (Å²) in [5.41, 5.74) is 6.52. The van der Waals surface area contributed by atoms with Crippen LogP contribution in [0.25, 0.3) is 0 Å². The van der Waals surface area contributed by atoms with Gasteiger partial charge in [0.1, 0.15) is 5.82 Å². The topological polar surface area (TPSA) is 107 Å². The van der Waals surface area contributed by atoms with Gasteiger partial charge in [0.05, 0.1) is 4.92 Å². The van der Waals surface area contributed by atoms with Crippen LogP contribution in [0, 0.1) is 15.9 Å². The summed E-state index contributed by atoms with van der Waals surface area (Å²) in [6, 6.07) is 3.66. The van der Waals surface area contributed by atoms with Crippen molar-refractivity contribution in [3.05, 3.63) is 45.9 Å². The number of nitro groups is 1. The van der Waals surface area contributed by atoms with Gasteiger partial charge in [0.2, 0.25) is 5.82 Å². The molecule has 2 rings (SSSR count). The second-order valence-corrected chi connectivity index (χ2v) is 5.14. The fourth-order valence-electron chi connectivity index (χ4n) is 1.80. The Hall–Kier alpha value is -2.42. The number of hydrogen-bond acceptors (Lipinski definition) is 7. The van der Waals surface area contributed by atoms with Crippen LogP contribution in [-0.2, 0) is 6.42 Å². The molecule has 0 saturated heterocycles. The molecule has 0 spiro atoms. The summed E-state index contributed by atoms with van der Waals surface area (Å²) in [5.74, 6) is -0.452. The van der Waals surface area contributed by atoms with Gasteiger partial charge in [-0.15, -0.1) is 0 Å². The normalized spacial score (nSPS) is 10.5. The van der Waals surface area contributed by atoms with E-state index < -0.39 is 16.4 Å². The van der Waals surface area contributed by atoms with E-state index in [2.05, 4.69) is 15.3 Å². The second kappa shape index (κ2) is 7.03. The molecule has 2 aromatic rings. The first-order chi connectivity index (χ1) is 10.5. The molecule has 0 fully saturated rings. The molecule has 0 saturated carbocycles. The summed E-state index contributed by atoms with van der Waals surface area (Å²) in [6.07, 6.45) is 4.06. The molecule has 116 valence electrons. The molecule has 1 aromatic heterocycles. The highest BCUT2D eigenvalue weighted by Gasteiger charge is 2.14. The quantitative estimate of drug-likeness (QED) is 0.364. The van der Waals surface area contributed by atoms with Gasteiger partial charge in [-0.25, -0.2) is 9.97 Å². The van der Waals surface area contributed by atoms with Crippen LogP contribution in [0.15, 0.2) is 29.6 Å². The number of nitrogens with two attached hydrogens (primary N) is 1. The molecular weight excluding hydrogens is 309 g/mol. The first-order valence-corrected chi connectivity index (χ1v) is 7.57. The van der Waals surface area contributed by atoms with Crippen molar-refractivity contribution in [2.75, 3.05) is 23.9 Å². The minimum atomic E-state index is -0.860. The number of nitrogens with one attached hydrogen (secondary N) is 1. The highest BCUT2D eigenvalue weighted by molar-refractivity contribution is 7.98. The zero-order valence-corrected chi connectivity index (χ0v) is 12.6. The maximum atomic E-state index is 13.2. The van der Waals surface area contributed by atoms with Crippen molar-refractivity contribution in [2.45, 2.75) is 11.6 Å². The van der Waals surface area contributed by atoms with Gasteiger partial charge in [-0.1, -0.05) is 11.8 Å². The SMILES string of the molecule is CSc1ncc(CCNc2ccc(F)c([N+](=O)[O-])c2)c(N)n1. The highest BCUT2D eigenvalue weighted by Crippen LogP contribution is 2.21. The fraction of sp³-hybridized carbons (Fsp3) is 0.231. The first kappa shape index (κ1) is 16.0. The predicted molar refractivity (Wildman–Crippen MR) is 83.5 cm³/mol. The Morgan fingerprint density at radius 3 is 2.91 bits per heavy atom. The number of nitrogens with zero attached hydrogens (tertiary/aromatic N) is 3. The van der Waals surface area contributed by atoms with E-state index in [-0.39, 0.29) is 0 Å². The molecule has 3 N–H and O–H groups in total. The summed E-state index contributed by atoms with van der Waals surface area (Å²) in [7, 11) is 0. The monoisotopic (exact) mass is 323 g/mol. The van der Waals surface area contributed by atoms with Gasteiger partial charge in [0.15, 0.2) is 5.16 Å². The average Bonchev–Trinajstić information content (AvgIpc) is 2.50. The number of benzene rings is 1.